The normalized spacial score (nSPS) is 10.2. The van der Waals surface area contributed by atoms with Crippen molar-refractivity contribution in [1.29, 1.82) is 0 Å². The van der Waals surface area contributed by atoms with Gasteiger partial charge in [0.05, 0.1) is 6.61 Å². The SMILES string of the molecule is O=C(CCCC(=O)OCCCc1ccccc1)NNC(=O)COc1ccc(Cl)cc1. The molecule has 2 amide bonds. The monoisotopic (exact) mass is 432 g/mol. The van der Waals surface area contributed by atoms with Crippen molar-refractivity contribution in [2.24, 2.45) is 0 Å². The highest BCUT2D eigenvalue weighted by Gasteiger charge is 2.08. The minimum absolute atomic E-state index is 0.0947. The van der Waals surface area contributed by atoms with Crippen molar-refractivity contribution < 1.29 is 23.9 Å². The number of nitrogens with one attached hydrogen (secondary N) is 2. The molecule has 2 aromatic rings. The van der Waals surface area contributed by atoms with Crippen LogP contribution in [0.4, 0.5) is 0 Å². The first-order chi connectivity index (χ1) is 14.5. The van der Waals surface area contributed by atoms with Gasteiger partial charge in [-0.3, -0.25) is 25.2 Å². The number of amides is 2. The summed E-state index contributed by atoms with van der Waals surface area (Å²) in [6.07, 6.45) is 2.17. The fraction of sp³-hybridized carbons (Fsp3) is 0.318. The summed E-state index contributed by atoms with van der Waals surface area (Å²) in [4.78, 5) is 35.1. The van der Waals surface area contributed by atoms with Gasteiger partial charge in [-0.05, 0) is 49.1 Å². The molecular formula is C22H25ClN2O5. The first-order valence-corrected chi connectivity index (χ1v) is 10.1. The molecule has 30 heavy (non-hydrogen) atoms. The summed E-state index contributed by atoms with van der Waals surface area (Å²) >= 11 is 5.76. The third-order valence-corrected chi connectivity index (χ3v) is 4.28. The minimum atomic E-state index is -0.504. The molecule has 0 radical (unpaired) electrons. The molecule has 2 rings (SSSR count). The van der Waals surface area contributed by atoms with E-state index in [1.165, 1.54) is 5.56 Å². The first kappa shape index (κ1) is 23.2. The molecule has 0 heterocycles. The van der Waals surface area contributed by atoms with Crippen molar-refractivity contribution >= 4 is 29.4 Å². The van der Waals surface area contributed by atoms with Gasteiger partial charge >= 0.3 is 5.97 Å². The molecule has 2 aromatic carbocycles. The smallest absolute Gasteiger partial charge is 0.305 e. The van der Waals surface area contributed by atoms with E-state index in [-0.39, 0.29) is 25.4 Å². The van der Waals surface area contributed by atoms with E-state index in [9.17, 15) is 14.4 Å². The van der Waals surface area contributed by atoms with E-state index < -0.39 is 11.8 Å². The Bertz CT molecular complexity index is 812. The number of benzene rings is 2. The second-order valence-electron chi connectivity index (χ2n) is 6.50. The van der Waals surface area contributed by atoms with Crippen LogP contribution in [0.25, 0.3) is 0 Å². The van der Waals surface area contributed by atoms with Gasteiger partial charge in [0.25, 0.3) is 5.91 Å². The van der Waals surface area contributed by atoms with Gasteiger partial charge < -0.3 is 9.47 Å². The highest BCUT2D eigenvalue weighted by atomic mass is 35.5. The van der Waals surface area contributed by atoms with Crippen LogP contribution in [0.15, 0.2) is 54.6 Å². The maximum Gasteiger partial charge on any atom is 0.305 e. The van der Waals surface area contributed by atoms with Crippen molar-refractivity contribution in [3.63, 3.8) is 0 Å². The summed E-state index contributed by atoms with van der Waals surface area (Å²) in [5.74, 6) is -0.748. The number of hydrogen-bond donors (Lipinski definition) is 2. The predicted molar refractivity (Wildman–Crippen MR) is 113 cm³/mol. The molecule has 0 unspecified atom stereocenters. The number of ether oxygens (including phenoxy) is 2. The average Bonchev–Trinajstić information content (AvgIpc) is 2.75. The maximum absolute atomic E-state index is 11.7. The Labute approximate surface area is 180 Å². The zero-order chi connectivity index (χ0) is 21.6. The molecule has 0 saturated heterocycles. The number of hydrogen-bond acceptors (Lipinski definition) is 5. The molecule has 0 aliphatic rings. The molecule has 0 atom stereocenters. The number of hydrazine groups is 1. The summed E-state index contributed by atoms with van der Waals surface area (Å²) in [5, 5.41) is 0.565. The lowest BCUT2D eigenvalue weighted by Gasteiger charge is -2.09. The van der Waals surface area contributed by atoms with Crippen LogP contribution in [-0.2, 0) is 25.5 Å². The van der Waals surface area contributed by atoms with Crippen molar-refractivity contribution in [1.82, 2.24) is 10.9 Å². The number of carbonyl (C=O) groups excluding carboxylic acids is 3. The van der Waals surface area contributed by atoms with Crippen LogP contribution in [0.2, 0.25) is 5.02 Å². The Hall–Kier alpha value is -3.06. The zero-order valence-electron chi connectivity index (χ0n) is 16.6. The fourth-order valence-electron chi connectivity index (χ4n) is 2.49. The van der Waals surface area contributed by atoms with Crippen LogP contribution >= 0.6 is 11.6 Å². The van der Waals surface area contributed by atoms with E-state index in [0.29, 0.717) is 23.8 Å². The van der Waals surface area contributed by atoms with Gasteiger partial charge in [-0.15, -0.1) is 0 Å². The van der Waals surface area contributed by atoms with Gasteiger partial charge in [-0.1, -0.05) is 41.9 Å². The van der Waals surface area contributed by atoms with E-state index in [2.05, 4.69) is 10.9 Å². The van der Waals surface area contributed by atoms with E-state index in [1.807, 2.05) is 30.3 Å². The first-order valence-electron chi connectivity index (χ1n) is 9.68. The quantitative estimate of drug-likeness (QED) is 0.323. The van der Waals surface area contributed by atoms with Crippen LogP contribution in [0.1, 0.15) is 31.2 Å². The highest BCUT2D eigenvalue weighted by molar-refractivity contribution is 6.30. The molecular weight excluding hydrogens is 408 g/mol. The van der Waals surface area contributed by atoms with Crippen molar-refractivity contribution in [3.05, 3.63) is 65.2 Å². The Morgan fingerprint density at radius 1 is 0.833 bits per heavy atom. The van der Waals surface area contributed by atoms with Gasteiger partial charge in [0.2, 0.25) is 5.91 Å². The molecule has 2 N–H and O–H groups in total. The van der Waals surface area contributed by atoms with Crippen LogP contribution in [0, 0.1) is 0 Å². The van der Waals surface area contributed by atoms with Gasteiger partial charge in [0.15, 0.2) is 6.61 Å². The summed E-state index contributed by atoms with van der Waals surface area (Å²) in [6, 6.07) is 16.5. The molecule has 0 aromatic heterocycles. The van der Waals surface area contributed by atoms with E-state index >= 15 is 0 Å². The van der Waals surface area contributed by atoms with Gasteiger partial charge in [-0.25, -0.2) is 0 Å². The second-order valence-corrected chi connectivity index (χ2v) is 6.94. The van der Waals surface area contributed by atoms with Gasteiger partial charge in [0, 0.05) is 17.9 Å². The highest BCUT2D eigenvalue weighted by Crippen LogP contribution is 2.15. The average molecular weight is 433 g/mol. The number of aryl methyl sites for hydroxylation is 1. The van der Waals surface area contributed by atoms with Crippen LogP contribution in [-0.4, -0.2) is 31.0 Å². The van der Waals surface area contributed by atoms with Crippen molar-refractivity contribution in [2.75, 3.05) is 13.2 Å². The third kappa shape index (κ3) is 9.93. The summed E-state index contributed by atoms with van der Waals surface area (Å²) in [6.45, 7) is 0.0980. The largest absolute Gasteiger partial charge is 0.484 e. The molecule has 0 bridgehead atoms. The Kier molecular flexibility index (Phi) is 10.2. The van der Waals surface area contributed by atoms with Crippen molar-refractivity contribution in [2.45, 2.75) is 32.1 Å². The van der Waals surface area contributed by atoms with Crippen LogP contribution in [0.5, 0.6) is 5.75 Å². The van der Waals surface area contributed by atoms with Gasteiger partial charge in [-0.2, -0.15) is 0 Å². The number of rotatable bonds is 11. The summed E-state index contributed by atoms with van der Waals surface area (Å²) in [5.41, 5.74) is 5.73. The molecule has 0 spiro atoms. The van der Waals surface area contributed by atoms with E-state index in [4.69, 9.17) is 21.1 Å². The lowest BCUT2D eigenvalue weighted by atomic mass is 10.1. The Morgan fingerprint density at radius 3 is 2.27 bits per heavy atom. The molecule has 160 valence electrons. The number of esters is 1. The molecule has 0 saturated carbocycles. The lowest BCUT2D eigenvalue weighted by Crippen LogP contribution is -2.43. The summed E-state index contributed by atoms with van der Waals surface area (Å²) < 4.78 is 10.4. The molecule has 0 aliphatic carbocycles. The van der Waals surface area contributed by atoms with E-state index in [1.54, 1.807) is 24.3 Å². The predicted octanol–water partition coefficient (Wildman–Crippen LogP) is 3.21. The molecule has 8 heteroatoms. The molecule has 7 nitrogen and oxygen atoms in total. The minimum Gasteiger partial charge on any atom is -0.484 e. The summed E-state index contributed by atoms with van der Waals surface area (Å²) in [7, 11) is 0. The zero-order valence-corrected chi connectivity index (χ0v) is 17.3. The Balaban J connectivity index is 1.48. The van der Waals surface area contributed by atoms with Crippen LogP contribution in [0.3, 0.4) is 0 Å². The van der Waals surface area contributed by atoms with Gasteiger partial charge in [0.1, 0.15) is 5.75 Å². The number of carbonyl (C=O) groups is 3. The maximum atomic E-state index is 11.7. The Morgan fingerprint density at radius 2 is 1.53 bits per heavy atom. The molecule has 0 fully saturated rings. The standard InChI is InChI=1S/C22H25ClN2O5/c23-18-11-13-19(14-12-18)30-16-21(27)25-24-20(26)9-4-10-22(28)29-15-5-8-17-6-2-1-3-7-17/h1-3,6-7,11-14H,4-5,8-10,15-16H2,(H,24,26)(H,25,27). The van der Waals surface area contributed by atoms with Crippen LogP contribution < -0.4 is 15.6 Å². The third-order valence-electron chi connectivity index (χ3n) is 4.03. The van der Waals surface area contributed by atoms with E-state index in [0.717, 1.165) is 12.8 Å². The molecule has 0 aliphatic heterocycles. The number of halogens is 1. The topological polar surface area (TPSA) is 93.7 Å². The second kappa shape index (κ2) is 13.2. The van der Waals surface area contributed by atoms with Crippen molar-refractivity contribution in [3.8, 4) is 5.75 Å². The fourth-order valence-corrected chi connectivity index (χ4v) is 2.62. The lowest BCUT2D eigenvalue weighted by molar-refractivity contribution is -0.144.